The standard InChI is InChI=1S/C5H7O.3Y/c1-5-2-3-6-4-5;;;/h3-4H,2H2,1H3;;;/q-1;;;. The average molecular weight is 350 g/mol. The molecule has 0 aromatic rings. The Balaban J connectivity index is -0.000000120. The molecule has 0 unspecified atom stereocenters. The fourth-order valence-corrected chi connectivity index (χ4v) is 0.392. The van der Waals surface area contributed by atoms with Crippen LogP contribution in [-0.4, -0.2) is 0 Å². The van der Waals surface area contributed by atoms with Crippen LogP contribution in [0.25, 0.3) is 0 Å². The molecule has 0 fully saturated rings. The maximum Gasteiger partial charge on any atom is 0.0425 e. The van der Waals surface area contributed by atoms with Gasteiger partial charge in [0.1, 0.15) is 0 Å². The van der Waals surface area contributed by atoms with Crippen molar-refractivity contribution in [2.24, 2.45) is 0 Å². The molecule has 0 aromatic heterocycles. The fraction of sp³-hybridized carbons (Fsp3) is 0.400. The van der Waals surface area contributed by atoms with Gasteiger partial charge in [-0.05, 0) is 6.92 Å². The maximum atomic E-state index is 4.77. The van der Waals surface area contributed by atoms with Gasteiger partial charge >= 0.3 is 0 Å². The number of ether oxygens (including phenoxy) is 1. The normalized spacial score (nSPS) is 13.2. The molecule has 0 saturated carbocycles. The first-order chi connectivity index (χ1) is 2.89. The molecule has 4 heteroatoms. The summed E-state index contributed by atoms with van der Waals surface area (Å²) in [6, 6.07) is 0. The predicted octanol–water partition coefficient (Wildman–Crippen LogP) is 1.46. The van der Waals surface area contributed by atoms with Gasteiger partial charge in [-0.1, -0.05) is 5.57 Å². The van der Waals surface area contributed by atoms with Crippen LogP contribution < -0.4 is 0 Å². The molecule has 0 aromatic carbocycles. The van der Waals surface area contributed by atoms with Crippen molar-refractivity contribution in [2.75, 3.05) is 0 Å². The van der Waals surface area contributed by atoms with Gasteiger partial charge in [0, 0.05) is 104 Å². The Morgan fingerprint density at radius 3 is 2.11 bits per heavy atom. The van der Waals surface area contributed by atoms with Gasteiger partial charge in [-0.15, -0.1) is 6.42 Å². The van der Waals surface area contributed by atoms with Crippen LogP contribution in [0.2, 0.25) is 0 Å². The van der Waals surface area contributed by atoms with Gasteiger partial charge in [0.05, 0.1) is 0 Å². The van der Waals surface area contributed by atoms with Crippen molar-refractivity contribution in [1.29, 1.82) is 0 Å². The largest absolute Gasteiger partial charge is 0.667 e. The molecular formula is C5H7OY3-. The summed E-state index contributed by atoms with van der Waals surface area (Å²) in [5.74, 6) is 0. The van der Waals surface area contributed by atoms with Gasteiger partial charge in [0.2, 0.25) is 0 Å². The first-order valence-corrected chi connectivity index (χ1v) is 2.02. The number of hydrogen-bond acceptors (Lipinski definition) is 1. The molecule has 43 valence electrons. The first-order valence-electron chi connectivity index (χ1n) is 2.02. The second kappa shape index (κ2) is 10.9. The van der Waals surface area contributed by atoms with Gasteiger partial charge in [0.25, 0.3) is 0 Å². The van der Waals surface area contributed by atoms with E-state index in [1.54, 1.807) is 12.9 Å². The molecule has 9 heavy (non-hydrogen) atoms. The second-order valence-electron chi connectivity index (χ2n) is 1.47. The summed E-state index contributed by atoms with van der Waals surface area (Å²) in [5, 5.41) is 0. The average Bonchev–Trinajstić information content (AvgIpc) is 1.86. The Morgan fingerprint density at radius 1 is 1.44 bits per heavy atom. The molecule has 3 radical (unpaired) electrons. The van der Waals surface area contributed by atoms with E-state index in [-0.39, 0.29) is 98.1 Å². The topological polar surface area (TPSA) is 9.23 Å². The molecule has 0 spiro atoms. The Bertz CT molecular complexity index is 82.3. The summed E-state index contributed by atoms with van der Waals surface area (Å²) in [4.78, 5) is 0. The van der Waals surface area contributed by atoms with Gasteiger partial charge in [-0.3, -0.25) is 0 Å². The summed E-state index contributed by atoms with van der Waals surface area (Å²) in [6.07, 6.45) is 2.76. The van der Waals surface area contributed by atoms with E-state index in [1.165, 1.54) is 5.57 Å². The molecule has 1 heterocycles. The van der Waals surface area contributed by atoms with Gasteiger partial charge in [-0.25, -0.2) is 0 Å². The van der Waals surface area contributed by atoms with E-state index >= 15 is 0 Å². The van der Waals surface area contributed by atoms with Gasteiger partial charge in [0.15, 0.2) is 0 Å². The monoisotopic (exact) mass is 350 g/mol. The van der Waals surface area contributed by atoms with E-state index in [0.29, 0.717) is 0 Å². The van der Waals surface area contributed by atoms with Crippen molar-refractivity contribution in [3.63, 3.8) is 0 Å². The van der Waals surface area contributed by atoms with Crippen molar-refractivity contribution < 1.29 is 103 Å². The number of hydrogen-bond donors (Lipinski definition) is 0. The molecule has 1 aliphatic heterocycles. The van der Waals surface area contributed by atoms with Crippen molar-refractivity contribution in [3.05, 3.63) is 18.4 Å². The Morgan fingerprint density at radius 2 is 2.00 bits per heavy atom. The zero-order valence-electron chi connectivity index (χ0n) is 5.50. The van der Waals surface area contributed by atoms with E-state index in [9.17, 15) is 0 Å². The van der Waals surface area contributed by atoms with E-state index in [2.05, 4.69) is 0 Å². The molecule has 0 N–H and O–H groups in total. The van der Waals surface area contributed by atoms with E-state index in [1.807, 2.05) is 6.92 Å². The van der Waals surface area contributed by atoms with Gasteiger partial charge < -0.3 is 4.74 Å². The zero-order valence-corrected chi connectivity index (χ0v) is 14.0. The summed E-state index contributed by atoms with van der Waals surface area (Å²) >= 11 is 0. The van der Waals surface area contributed by atoms with Crippen molar-refractivity contribution in [3.8, 4) is 0 Å². The summed E-state index contributed by atoms with van der Waals surface area (Å²) in [5.41, 5.74) is 1.30. The van der Waals surface area contributed by atoms with Crippen LogP contribution >= 0.6 is 0 Å². The molecule has 0 atom stereocenters. The van der Waals surface area contributed by atoms with Crippen molar-refractivity contribution >= 4 is 0 Å². The first kappa shape index (κ1) is 17.8. The van der Waals surface area contributed by atoms with Crippen LogP contribution in [0.5, 0.6) is 0 Å². The van der Waals surface area contributed by atoms with Crippen molar-refractivity contribution in [2.45, 2.75) is 13.3 Å². The summed E-state index contributed by atoms with van der Waals surface area (Å²) in [6.45, 7) is 3.83. The van der Waals surface area contributed by atoms with Crippen molar-refractivity contribution in [1.82, 2.24) is 0 Å². The third kappa shape index (κ3) is 8.76. The van der Waals surface area contributed by atoms with Gasteiger partial charge in [-0.2, -0.15) is 6.61 Å². The molecular weight excluding hydrogens is 343 g/mol. The minimum Gasteiger partial charge on any atom is -0.667 e. The molecule has 0 bridgehead atoms. The van der Waals surface area contributed by atoms with E-state index in [4.69, 9.17) is 4.74 Å². The third-order valence-electron chi connectivity index (χ3n) is 0.771. The van der Waals surface area contributed by atoms with Crippen LogP contribution in [0.3, 0.4) is 0 Å². The van der Waals surface area contributed by atoms with Crippen LogP contribution in [0.4, 0.5) is 0 Å². The minimum absolute atomic E-state index is 0. The molecule has 0 aliphatic carbocycles. The fourth-order valence-electron chi connectivity index (χ4n) is 0.392. The predicted molar refractivity (Wildman–Crippen MR) is 23.8 cm³/mol. The molecule has 0 saturated heterocycles. The molecule has 0 amide bonds. The SMILES string of the molecule is CC1=CO[CH-]C1.[Y].[Y].[Y]. The zero-order chi connectivity index (χ0) is 4.41. The minimum atomic E-state index is 0. The summed E-state index contributed by atoms with van der Waals surface area (Å²) in [7, 11) is 0. The van der Waals surface area contributed by atoms with Crippen LogP contribution in [0.15, 0.2) is 11.8 Å². The van der Waals surface area contributed by atoms with Crippen LogP contribution in [-0.2, 0) is 103 Å². The number of rotatable bonds is 0. The Kier molecular flexibility index (Phi) is 21.5. The Labute approximate surface area is 132 Å². The molecule has 1 rings (SSSR count). The maximum absolute atomic E-state index is 4.77. The summed E-state index contributed by atoms with van der Waals surface area (Å²) < 4.78 is 4.77. The third-order valence-corrected chi connectivity index (χ3v) is 0.771. The smallest absolute Gasteiger partial charge is 0.0425 e. The Hall–Kier alpha value is 2.85. The van der Waals surface area contributed by atoms with E-state index in [0.717, 1.165) is 6.42 Å². The van der Waals surface area contributed by atoms with E-state index < -0.39 is 0 Å². The second-order valence-corrected chi connectivity index (χ2v) is 1.47. The quantitative estimate of drug-likeness (QED) is 0.602. The van der Waals surface area contributed by atoms with Crippen LogP contribution in [0.1, 0.15) is 13.3 Å². The molecule has 1 nitrogen and oxygen atoms in total. The van der Waals surface area contributed by atoms with Crippen LogP contribution in [0, 0.1) is 6.61 Å². The molecule has 1 aliphatic rings.